The highest BCUT2D eigenvalue weighted by atomic mass is 16.5. The lowest BCUT2D eigenvalue weighted by molar-refractivity contribution is -0.122. The molecule has 1 N–H and O–H groups in total. The van der Waals surface area contributed by atoms with Gasteiger partial charge in [-0.3, -0.25) is 4.79 Å². The van der Waals surface area contributed by atoms with Gasteiger partial charge in [-0.05, 0) is 36.8 Å². The molecule has 152 valence electrons. The summed E-state index contributed by atoms with van der Waals surface area (Å²) in [5.74, 6) is 0.961. The molecule has 2 aromatic carbocycles. The minimum atomic E-state index is -0.397. The molecule has 2 heterocycles. The molecule has 4 rings (SSSR count). The van der Waals surface area contributed by atoms with Crippen molar-refractivity contribution in [1.29, 1.82) is 0 Å². The van der Waals surface area contributed by atoms with E-state index in [9.17, 15) is 9.59 Å². The van der Waals surface area contributed by atoms with Crippen LogP contribution in [-0.2, 0) is 17.9 Å². The minimum absolute atomic E-state index is 0.162. The van der Waals surface area contributed by atoms with E-state index in [4.69, 9.17) is 4.74 Å². The van der Waals surface area contributed by atoms with Gasteiger partial charge in [-0.1, -0.05) is 30.3 Å². The first-order valence-electron chi connectivity index (χ1n) is 9.47. The van der Waals surface area contributed by atoms with Gasteiger partial charge in [0.2, 0.25) is 5.91 Å². The van der Waals surface area contributed by atoms with E-state index in [1.807, 2.05) is 54.6 Å². The van der Waals surface area contributed by atoms with Crippen molar-refractivity contribution < 1.29 is 9.53 Å². The standard InChI is InChI=1S/C22H21N5O3/c1-15-24-19(17-8-10-18(30-2)11-9-17)12-20-25-26(22(29)27(15)20)14-21(28)23-13-16-6-4-3-5-7-16/h3-12H,13-14H2,1-2H3,(H,23,28). The van der Waals surface area contributed by atoms with Crippen molar-refractivity contribution in [2.24, 2.45) is 0 Å². The number of amides is 1. The van der Waals surface area contributed by atoms with Crippen molar-refractivity contribution in [3.63, 3.8) is 0 Å². The summed E-state index contributed by atoms with van der Waals surface area (Å²) in [7, 11) is 1.61. The van der Waals surface area contributed by atoms with Crippen LogP contribution in [0.25, 0.3) is 16.9 Å². The van der Waals surface area contributed by atoms with E-state index >= 15 is 0 Å². The number of methoxy groups -OCH3 is 1. The van der Waals surface area contributed by atoms with Crippen LogP contribution in [0.5, 0.6) is 5.75 Å². The monoisotopic (exact) mass is 403 g/mol. The third kappa shape index (κ3) is 3.93. The van der Waals surface area contributed by atoms with Crippen LogP contribution < -0.4 is 15.7 Å². The number of benzene rings is 2. The highest BCUT2D eigenvalue weighted by Gasteiger charge is 2.14. The van der Waals surface area contributed by atoms with E-state index < -0.39 is 5.69 Å². The van der Waals surface area contributed by atoms with Crippen molar-refractivity contribution in [2.75, 3.05) is 7.11 Å². The fourth-order valence-corrected chi connectivity index (χ4v) is 3.20. The van der Waals surface area contributed by atoms with Crippen LogP contribution in [0, 0.1) is 6.92 Å². The zero-order chi connectivity index (χ0) is 21.1. The molecule has 2 aromatic heterocycles. The van der Waals surface area contributed by atoms with Crippen molar-refractivity contribution in [3.8, 4) is 17.0 Å². The van der Waals surface area contributed by atoms with E-state index in [0.29, 0.717) is 23.7 Å². The summed E-state index contributed by atoms with van der Waals surface area (Å²) < 4.78 is 7.74. The number of hydrogen-bond donors (Lipinski definition) is 1. The minimum Gasteiger partial charge on any atom is -0.497 e. The largest absolute Gasteiger partial charge is 0.497 e. The number of carbonyl (C=O) groups is 1. The maximum atomic E-state index is 12.7. The zero-order valence-corrected chi connectivity index (χ0v) is 16.7. The van der Waals surface area contributed by atoms with E-state index in [1.165, 1.54) is 4.40 Å². The number of aryl methyl sites for hydroxylation is 1. The molecular formula is C22H21N5O3. The summed E-state index contributed by atoms with van der Waals surface area (Å²) in [6, 6.07) is 18.8. The molecule has 0 aliphatic heterocycles. The molecule has 8 nitrogen and oxygen atoms in total. The second-order valence-corrected chi connectivity index (χ2v) is 6.81. The summed E-state index contributed by atoms with van der Waals surface area (Å²) in [4.78, 5) is 29.5. The van der Waals surface area contributed by atoms with E-state index in [-0.39, 0.29) is 12.5 Å². The van der Waals surface area contributed by atoms with Crippen LogP contribution in [0.3, 0.4) is 0 Å². The first-order chi connectivity index (χ1) is 14.5. The summed E-state index contributed by atoms with van der Waals surface area (Å²) in [5, 5.41) is 7.14. The van der Waals surface area contributed by atoms with Gasteiger partial charge in [0, 0.05) is 18.2 Å². The Balaban J connectivity index is 1.57. The van der Waals surface area contributed by atoms with Gasteiger partial charge in [0.05, 0.1) is 12.8 Å². The van der Waals surface area contributed by atoms with Crippen LogP contribution in [-0.4, -0.2) is 32.2 Å². The second-order valence-electron chi connectivity index (χ2n) is 6.81. The first kappa shape index (κ1) is 19.4. The van der Waals surface area contributed by atoms with Gasteiger partial charge in [-0.15, -0.1) is 5.10 Å². The number of nitrogens with one attached hydrogen (secondary N) is 1. The van der Waals surface area contributed by atoms with Gasteiger partial charge in [0.1, 0.15) is 18.1 Å². The molecule has 0 bridgehead atoms. The molecule has 0 fully saturated rings. The van der Waals surface area contributed by atoms with Gasteiger partial charge >= 0.3 is 5.69 Å². The van der Waals surface area contributed by atoms with Crippen LogP contribution in [0.2, 0.25) is 0 Å². The summed E-state index contributed by atoms with van der Waals surface area (Å²) in [6.07, 6.45) is 0. The number of carbonyl (C=O) groups excluding carboxylic acids is 1. The first-order valence-corrected chi connectivity index (χ1v) is 9.47. The van der Waals surface area contributed by atoms with E-state index in [2.05, 4.69) is 15.4 Å². The van der Waals surface area contributed by atoms with Crippen molar-refractivity contribution in [1.82, 2.24) is 24.5 Å². The Morgan fingerprint density at radius 2 is 1.83 bits per heavy atom. The predicted molar refractivity (Wildman–Crippen MR) is 112 cm³/mol. The average Bonchev–Trinajstić information content (AvgIpc) is 3.08. The van der Waals surface area contributed by atoms with Crippen LogP contribution in [0.1, 0.15) is 11.4 Å². The Bertz CT molecular complexity index is 1240. The molecule has 0 saturated heterocycles. The molecule has 0 saturated carbocycles. The van der Waals surface area contributed by atoms with Crippen molar-refractivity contribution >= 4 is 11.6 Å². The maximum absolute atomic E-state index is 12.7. The lowest BCUT2D eigenvalue weighted by Gasteiger charge is -2.05. The van der Waals surface area contributed by atoms with Gasteiger partial charge in [0.25, 0.3) is 0 Å². The summed E-state index contributed by atoms with van der Waals surface area (Å²) in [5.41, 5.74) is 2.59. The van der Waals surface area contributed by atoms with Crippen LogP contribution in [0.4, 0.5) is 0 Å². The smallest absolute Gasteiger partial charge is 0.352 e. The summed E-state index contributed by atoms with van der Waals surface area (Å²) in [6.45, 7) is 1.97. The Kier molecular flexibility index (Phi) is 5.30. The van der Waals surface area contributed by atoms with Gasteiger partial charge in [0.15, 0.2) is 5.65 Å². The number of nitrogens with zero attached hydrogens (tertiary/aromatic N) is 4. The van der Waals surface area contributed by atoms with Gasteiger partial charge < -0.3 is 10.1 Å². The van der Waals surface area contributed by atoms with Gasteiger partial charge in [-0.2, -0.15) is 0 Å². The molecule has 30 heavy (non-hydrogen) atoms. The third-order valence-electron chi connectivity index (χ3n) is 4.75. The zero-order valence-electron chi connectivity index (χ0n) is 16.7. The third-order valence-corrected chi connectivity index (χ3v) is 4.75. The normalized spacial score (nSPS) is 10.9. The van der Waals surface area contributed by atoms with Crippen molar-refractivity contribution in [2.45, 2.75) is 20.0 Å². The number of hydrogen-bond acceptors (Lipinski definition) is 5. The molecule has 0 unspecified atom stereocenters. The fraction of sp³-hybridized carbons (Fsp3) is 0.182. The summed E-state index contributed by atoms with van der Waals surface area (Å²) >= 11 is 0. The molecule has 0 aliphatic rings. The number of ether oxygens (including phenoxy) is 1. The highest BCUT2D eigenvalue weighted by molar-refractivity contribution is 5.75. The fourth-order valence-electron chi connectivity index (χ4n) is 3.20. The maximum Gasteiger partial charge on any atom is 0.352 e. The number of aromatic nitrogens is 4. The topological polar surface area (TPSA) is 90.5 Å². The lowest BCUT2D eigenvalue weighted by atomic mass is 10.1. The van der Waals surface area contributed by atoms with Gasteiger partial charge in [-0.25, -0.2) is 18.9 Å². The van der Waals surface area contributed by atoms with E-state index in [0.717, 1.165) is 21.6 Å². The van der Waals surface area contributed by atoms with Crippen LogP contribution in [0.15, 0.2) is 65.5 Å². The quantitative estimate of drug-likeness (QED) is 0.533. The molecule has 4 aromatic rings. The Hall–Kier alpha value is -3.94. The Morgan fingerprint density at radius 1 is 1.10 bits per heavy atom. The molecule has 0 aliphatic carbocycles. The molecular weight excluding hydrogens is 382 g/mol. The van der Waals surface area contributed by atoms with Crippen LogP contribution >= 0.6 is 0 Å². The SMILES string of the molecule is COc1ccc(-c2cc3nn(CC(=O)NCc4ccccc4)c(=O)n3c(C)n2)cc1. The second kappa shape index (κ2) is 8.20. The molecule has 8 heteroatoms. The molecule has 0 spiro atoms. The average molecular weight is 403 g/mol. The predicted octanol–water partition coefficient (Wildman–Crippen LogP) is 2.19. The van der Waals surface area contributed by atoms with E-state index in [1.54, 1.807) is 20.1 Å². The number of rotatable bonds is 6. The lowest BCUT2D eigenvalue weighted by Crippen LogP contribution is -2.32. The Labute approximate surface area is 172 Å². The highest BCUT2D eigenvalue weighted by Crippen LogP contribution is 2.21. The molecule has 1 amide bonds. The molecule has 0 radical (unpaired) electrons. The Morgan fingerprint density at radius 3 is 2.53 bits per heavy atom. The number of fused-ring (bicyclic) bond motifs is 1. The van der Waals surface area contributed by atoms with Crippen molar-refractivity contribution in [3.05, 3.63) is 82.5 Å². The molecule has 0 atom stereocenters.